The molecule has 28 heteroatoms. The Balaban J connectivity index is 0.000000186. The maximum absolute atomic E-state index is 14.8. The molecule has 15 rings (SSSR count). The molecule has 4 aliphatic heterocycles. The number of carbonyl (C=O) groups is 1. The zero-order valence-electron chi connectivity index (χ0n) is 76.1. The number of rotatable bonds is 21. The summed E-state index contributed by atoms with van der Waals surface area (Å²) in [5.74, 6) is 3.65. The number of carbonyl (C=O) groups excluding carboxylic acids is 1. The fraction of sp³-hybridized carbons (Fsp3) is 0.337. The van der Waals surface area contributed by atoms with E-state index in [1.54, 1.807) is 38.5 Å². The Morgan fingerprint density at radius 3 is 1.33 bits per heavy atom. The van der Waals surface area contributed by atoms with Crippen LogP contribution in [0.1, 0.15) is 137 Å². The third-order valence-corrected chi connectivity index (χ3v) is 28.6. The molecule has 0 radical (unpaired) electrons. The number of fused-ring (bicyclic) bond motifs is 12. The van der Waals surface area contributed by atoms with Crippen LogP contribution in [0.2, 0.25) is 0 Å². The number of allylic oxidation sites excluding steroid dienone is 15. The van der Waals surface area contributed by atoms with Gasteiger partial charge in [-0.3, -0.25) is 4.79 Å². The Hall–Kier alpha value is -12.0. The van der Waals surface area contributed by atoms with Crippen molar-refractivity contribution in [2.75, 3.05) is 76.6 Å². The number of esters is 1. The van der Waals surface area contributed by atoms with Gasteiger partial charge in [0, 0.05) is 101 Å². The van der Waals surface area contributed by atoms with E-state index in [9.17, 15) is 58.3 Å². The molecule has 686 valence electrons. The van der Waals surface area contributed by atoms with Crippen LogP contribution in [0.4, 0.5) is 44.7 Å². The van der Waals surface area contributed by atoms with E-state index >= 15 is 0 Å². The number of nitriles is 4. The van der Waals surface area contributed by atoms with Crippen LogP contribution in [0.25, 0.3) is 43.1 Å². The highest BCUT2D eigenvalue weighted by Crippen LogP contribution is 2.55. The molecule has 1 unspecified atom stereocenters. The van der Waals surface area contributed by atoms with Gasteiger partial charge in [-0.05, 0) is 212 Å². The highest BCUT2D eigenvalue weighted by molar-refractivity contribution is 7.95. The molecule has 0 aromatic heterocycles. The van der Waals surface area contributed by atoms with Crippen LogP contribution in [0.15, 0.2) is 273 Å². The summed E-state index contributed by atoms with van der Waals surface area (Å²) in [5.41, 5.74) is 15.6. The molecule has 6 aliphatic rings. The van der Waals surface area contributed by atoms with Crippen molar-refractivity contribution in [1.29, 1.82) is 21.0 Å². The topological polar surface area (TPSA) is 284 Å². The standard InChI is InChI=1S/C48H49N2O4S.C44H48ClN2O2.C8H11F5O5S.C4BN4/c1-47(2)42(49(29-31-51)40-25-21-33-13-8-10-19-38(33)44(40)47)27-23-35-15-12-16-36(46(35)55(53,54)37-17-6-5-7-18-37)24-28-43-48(3,4)45-39-20-11-9-14-34(39)22-26-41(45)50(43)30-32-52;1-43(2)38(46(26-28-48-5)36-22-18-30-12-7-9-16-34(30)40(36)43)24-20-32-14-11-15-33(42(32)45)21-25-39-44(3,4)41-35-17-10-8-13-31(35)19-23-37(41)47(39)27-29-49-6;1-6(2,3)5(14)18-4(7(9,10)11)8(12,13)19(15,16)17;6-1-5(2-7,3-8)4-9/h5-11,13-14,17-28,51-52H,12,15-16,29-32H2,1-4H3;7-10,12-13,16-25H,11,14-15,26-29H2,1-6H3;4H,1-3H3,(H,15,16,17);/q2*+1;;-1/p-1. The van der Waals surface area contributed by atoms with Gasteiger partial charge in [-0.25, -0.2) is 37.9 Å². The molecule has 132 heavy (non-hydrogen) atoms. The number of nitrogens with zero attached hydrogens (tertiary/aromatic N) is 8. The zero-order chi connectivity index (χ0) is 96.1. The molecule has 1 atom stereocenters. The predicted molar refractivity (Wildman–Crippen MR) is 510 cm³/mol. The lowest BCUT2D eigenvalue weighted by Crippen LogP contribution is -2.53. The molecule has 0 fully saturated rings. The minimum Gasteiger partial charge on any atom is -0.743 e. The first-order valence-electron chi connectivity index (χ1n) is 43.6. The van der Waals surface area contributed by atoms with Crippen molar-refractivity contribution in [3.8, 4) is 23.9 Å². The number of aliphatic hydroxyl groups excluding tert-OH is 2. The molecular weight excluding hydrogens is 1740 g/mol. The van der Waals surface area contributed by atoms with Gasteiger partial charge < -0.3 is 38.8 Å². The number of hydrogen-bond donors (Lipinski definition) is 2. The molecule has 19 nitrogen and oxygen atoms in total. The second-order valence-corrected chi connectivity index (χ2v) is 40.1. The quantitative estimate of drug-likeness (QED) is 0.0222. The maximum Gasteiger partial charge on any atom is 0.432 e. The van der Waals surface area contributed by atoms with Crippen LogP contribution in [0.3, 0.4) is 0 Å². The monoisotopic (exact) mass is 1850 g/mol. The predicted octanol–water partition coefficient (Wildman–Crippen LogP) is 21.3. The van der Waals surface area contributed by atoms with Crippen LogP contribution in [-0.2, 0) is 60.6 Å². The first-order valence-corrected chi connectivity index (χ1v) is 46.9. The minimum atomic E-state index is -6.66. The molecule has 0 amide bonds. The number of aliphatic hydroxyl groups is 2. The Labute approximate surface area is 773 Å². The summed E-state index contributed by atoms with van der Waals surface area (Å²) in [7, 11) is -7.01. The van der Waals surface area contributed by atoms with Crippen LogP contribution in [0.5, 0.6) is 0 Å². The van der Waals surface area contributed by atoms with Gasteiger partial charge >= 0.3 is 23.5 Å². The summed E-state index contributed by atoms with van der Waals surface area (Å²) in [6.07, 6.45) is 9.47. The number of sulfone groups is 1. The van der Waals surface area contributed by atoms with E-state index in [0.29, 0.717) is 44.1 Å². The van der Waals surface area contributed by atoms with Gasteiger partial charge in [0.25, 0.3) is 6.10 Å². The molecule has 0 spiro atoms. The normalized spacial score (nSPS) is 18.4. The van der Waals surface area contributed by atoms with E-state index in [1.807, 2.05) is 18.2 Å². The van der Waals surface area contributed by atoms with E-state index in [2.05, 4.69) is 261 Å². The summed E-state index contributed by atoms with van der Waals surface area (Å²) in [4.78, 5) is 16.4. The highest BCUT2D eigenvalue weighted by atomic mass is 35.5. The molecule has 0 bridgehead atoms. The van der Waals surface area contributed by atoms with Crippen LogP contribution >= 0.6 is 11.6 Å². The summed E-state index contributed by atoms with van der Waals surface area (Å²) in [6.45, 7) is 25.2. The number of anilines is 2. The first kappa shape index (κ1) is 99.0. The molecule has 2 aliphatic carbocycles. The summed E-state index contributed by atoms with van der Waals surface area (Å²) < 4.78 is 142. The Morgan fingerprint density at radius 2 is 0.917 bits per heavy atom. The minimum absolute atomic E-state index is 0.0130. The molecule has 9 aromatic carbocycles. The highest BCUT2D eigenvalue weighted by Gasteiger charge is 2.63. The van der Waals surface area contributed by atoms with Crippen molar-refractivity contribution in [1.82, 2.24) is 0 Å². The molecule has 4 heterocycles. The maximum atomic E-state index is 14.8. The average Bonchev–Trinajstić information content (AvgIpc) is 1.58. The molecule has 0 saturated carbocycles. The van der Waals surface area contributed by atoms with Gasteiger partial charge in [0.1, 0.15) is 13.2 Å². The van der Waals surface area contributed by atoms with Crippen LogP contribution in [0, 0.1) is 50.3 Å². The van der Waals surface area contributed by atoms with Crippen molar-refractivity contribution in [3.05, 3.63) is 290 Å². The smallest absolute Gasteiger partial charge is 0.432 e. The fourth-order valence-electron chi connectivity index (χ4n) is 18.8. The lowest BCUT2D eigenvalue weighted by Gasteiger charge is -2.31. The number of hydrogen-bond acceptors (Lipinski definition) is 17. The van der Waals surface area contributed by atoms with Crippen molar-refractivity contribution in [3.63, 3.8) is 0 Å². The van der Waals surface area contributed by atoms with E-state index < -0.39 is 65.9 Å². The molecule has 2 N–H and O–H groups in total. The molecule has 0 saturated heterocycles. The third-order valence-electron chi connectivity index (χ3n) is 25.3. The Morgan fingerprint density at radius 1 is 0.515 bits per heavy atom. The summed E-state index contributed by atoms with van der Waals surface area (Å²) in [5, 5.41) is 57.7. The van der Waals surface area contributed by atoms with Crippen molar-refractivity contribution in [2.24, 2.45) is 5.41 Å². The van der Waals surface area contributed by atoms with Crippen molar-refractivity contribution in [2.45, 2.75) is 159 Å². The molecule has 9 aromatic rings. The second-order valence-electron chi connectivity index (χ2n) is 36.4. The van der Waals surface area contributed by atoms with Crippen LogP contribution in [-0.4, -0.2) is 149 Å². The van der Waals surface area contributed by atoms with E-state index in [1.165, 1.54) is 112 Å². The van der Waals surface area contributed by atoms with Gasteiger partial charge in [-0.1, -0.05) is 191 Å². The second kappa shape index (κ2) is 39.4. The van der Waals surface area contributed by atoms with Crippen LogP contribution < -0.4 is 9.80 Å². The van der Waals surface area contributed by atoms with E-state index in [4.69, 9.17) is 42.1 Å². The number of ether oxygens (including phenoxy) is 3. The Kier molecular flexibility index (Phi) is 29.6. The number of alkyl halides is 5. The average molecular weight is 1850 g/mol. The van der Waals surface area contributed by atoms with E-state index in [-0.39, 0.29) is 28.9 Å². The first-order chi connectivity index (χ1) is 62.4. The Bertz CT molecular complexity index is 6750. The van der Waals surface area contributed by atoms with Gasteiger partial charge in [-0.15, -0.1) is 23.9 Å². The van der Waals surface area contributed by atoms with Gasteiger partial charge in [0.2, 0.25) is 21.2 Å². The third kappa shape index (κ3) is 19.3. The number of methoxy groups -OCH3 is 2. The fourth-order valence-corrected chi connectivity index (χ4v) is 21.3. The van der Waals surface area contributed by atoms with E-state index in [0.717, 1.165) is 109 Å². The van der Waals surface area contributed by atoms with Gasteiger partial charge in [-0.2, -0.15) is 31.1 Å². The largest absolute Gasteiger partial charge is 0.743 e. The summed E-state index contributed by atoms with van der Waals surface area (Å²) in [6, 6.07) is 60.6. The zero-order valence-corrected chi connectivity index (χ0v) is 78.5. The van der Waals surface area contributed by atoms with Crippen molar-refractivity contribution >= 4 is 121 Å². The van der Waals surface area contributed by atoms with Crippen molar-refractivity contribution < 1.29 is 81.7 Å². The SMILES string of the molecule is CC(C)(C)C(=O)OC(C(F)(F)F)C(F)(F)S(=O)(=O)[O-].CC1(C)C(/C=C/C2=C(S(=O)(=O)c3ccccc3)C(=C/C=C3/N(CCO)c4ccc5ccccc5c4C3(C)C)/CCC2)=[N+](CCO)c2ccc3ccccc3c21.COCCN1/C(=C/C=C2\CCCC(/C=C/C3=[N+](CCOC)c4ccc5ccccc5c4C3(C)C)=C2Cl)C(C)(C)c2c1ccc1ccccc21.N#C[B-](C#N)(C#N)C#N. The number of halogens is 6. The lowest BCUT2D eigenvalue weighted by atomic mass is 9.30. The number of benzene rings is 9. The molecular formula is C104H107BClF5N8O11S2. The number of β-amino-alcohol motifs (C(OH)–C–C–N with tert-alkyl or cyclic N) is 2. The van der Waals surface area contributed by atoms with Gasteiger partial charge in [0.05, 0.1) is 39.3 Å². The summed E-state index contributed by atoms with van der Waals surface area (Å²) >= 11 is 7.29. The lowest BCUT2D eigenvalue weighted by molar-refractivity contribution is -0.441. The van der Waals surface area contributed by atoms with Gasteiger partial charge in [0.15, 0.2) is 34.6 Å².